The fraction of sp³-hybridized carbons (Fsp3) is 0.286. The molecule has 134 valence electrons. The van der Waals surface area contributed by atoms with Gasteiger partial charge in [-0.05, 0) is 50.2 Å². The maximum Gasteiger partial charge on any atom is 0.145 e. The molecule has 0 bridgehead atoms. The van der Waals surface area contributed by atoms with Gasteiger partial charge in [-0.25, -0.2) is 4.39 Å². The van der Waals surface area contributed by atoms with Crippen LogP contribution < -0.4 is 9.64 Å². The molecule has 0 N–H and O–H groups in total. The average Bonchev–Trinajstić information content (AvgIpc) is 3.08. The molecule has 0 saturated carbocycles. The molecule has 1 unspecified atom stereocenters. The molecular weight excluding hydrogens is 329 g/mol. The van der Waals surface area contributed by atoms with E-state index in [2.05, 4.69) is 40.2 Å². The molecular formula is C21H22FN3O. The SMILES string of the molecule is CN1CCCC1C1=CN(c2cc(F)cc(Oc3cccnc3)c2)CC=C1. The average molecular weight is 351 g/mol. The maximum atomic E-state index is 14.2. The van der Waals surface area contributed by atoms with Crippen LogP contribution >= 0.6 is 0 Å². The van der Waals surface area contributed by atoms with Gasteiger partial charge in [0.05, 0.1) is 6.20 Å². The van der Waals surface area contributed by atoms with E-state index in [4.69, 9.17) is 4.74 Å². The number of pyridine rings is 1. The molecule has 5 heteroatoms. The van der Waals surface area contributed by atoms with Gasteiger partial charge in [0.2, 0.25) is 0 Å². The number of anilines is 1. The van der Waals surface area contributed by atoms with E-state index in [0.717, 1.165) is 18.8 Å². The van der Waals surface area contributed by atoms with Crippen LogP contribution in [0.4, 0.5) is 10.1 Å². The third kappa shape index (κ3) is 3.63. The van der Waals surface area contributed by atoms with E-state index in [-0.39, 0.29) is 5.82 Å². The van der Waals surface area contributed by atoms with Gasteiger partial charge in [-0.15, -0.1) is 0 Å². The minimum absolute atomic E-state index is 0.316. The van der Waals surface area contributed by atoms with Gasteiger partial charge in [0, 0.05) is 42.8 Å². The van der Waals surface area contributed by atoms with E-state index in [9.17, 15) is 4.39 Å². The van der Waals surface area contributed by atoms with Gasteiger partial charge >= 0.3 is 0 Å². The maximum absolute atomic E-state index is 14.2. The Kier molecular flexibility index (Phi) is 4.71. The van der Waals surface area contributed by atoms with Crippen LogP contribution in [0.15, 0.2) is 66.7 Å². The van der Waals surface area contributed by atoms with Gasteiger partial charge in [0.1, 0.15) is 17.3 Å². The van der Waals surface area contributed by atoms with Crippen LogP contribution in [-0.4, -0.2) is 36.1 Å². The lowest BCUT2D eigenvalue weighted by Crippen LogP contribution is -2.30. The first-order chi connectivity index (χ1) is 12.7. The van der Waals surface area contributed by atoms with Gasteiger partial charge in [-0.2, -0.15) is 0 Å². The Hall–Kier alpha value is -2.66. The largest absolute Gasteiger partial charge is 0.456 e. The minimum Gasteiger partial charge on any atom is -0.456 e. The third-order valence-corrected chi connectivity index (χ3v) is 4.88. The Morgan fingerprint density at radius 2 is 2.15 bits per heavy atom. The second-order valence-corrected chi connectivity index (χ2v) is 6.76. The first-order valence-electron chi connectivity index (χ1n) is 8.93. The minimum atomic E-state index is -0.316. The number of likely N-dealkylation sites (tertiary alicyclic amines) is 1. The quantitative estimate of drug-likeness (QED) is 0.818. The van der Waals surface area contributed by atoms with Gasteiger partial charge in [-0.3, -0.25) is 9.88 Å². The second kappa shape index (κ2) is 7.30. The zero-order valence-electron chi connectivity index (χ0n) is 14.8. The van der Waals surface area contributed by atoms with Gasteiger partial charge in [0.25, 0.3) is 0 Å². The number of hydrogen-bond acceptors (Lipinski definition) is 4. The lowest BCUT2D eigenvalue weighted by atomic mass is 10.0. The van der Waals surface area contributed by atoms with Crippen molar-refractivity contribution < 1.29 is 9.13 Å². The number of benzene rings is 1. The number of aromatic nitrogens is 1. The molecule has 4 rings (SSSR count). The molecule has 2 aliphatic rings. The normalized spacial score (nSPS) is 20.3. The lowest BCUT2D eigenvalue weighted by Gasteiger charge is -2.28. The lowest BCUT2D eigenvalue weighted by molar-refractivity contribution is 0.348. The summed E-state index contributed by atoms with van der Waals surface area (Å²) >= 11 is 0. The Bertz CT molecular complexity index is 834. The Morgan fingerprint density at radius 3 is 2.92 bits per heavy atom. The van der Waals surface area contributed by atoms with E-state index < -0.39 is 0 Å². The molecule has 3 heterocycles. The summed E-state index contributed by atoms with van der Waals surface area (Å²) in [6.45, 7) is 1.84. The van der Waals surface area contributed by atoms with Crippen LogP contribution in [0.2, 0.25) is 0 Å². The number of hydrogen-bond donors (Lipinski definition) is 0. The van der Waals surface area contributed by atoms with E-state index in [1.54, 1.807) is 30.6 Å². The molecule has 0 radical (unpaired) electrons. The van der Waals surface area contributed by atoms with Crippen molar-refractivity contribution in [3.05, 3.63) is 72.5 Å². The van der Waals surface area contributed by atoms with Crippen LogP contribution in [0.5, 0.6) is 11.5 Å². The molecule has 0 spiro atoms. The summed E-state index contributed by atoms with van der Waals surface area (Å²) in [4.78, 5) is 8.47. The van der Waals surface area contributed by atoms with Crippen molar-refractivity contribution in [1.29, 1.82) is 0 Å². The molecule has 1 fully saturated rings. The highest BCUT2D eigenvalue weighted by atomic mass is 19.1. The molecule has 0 amide bonds. The summed E-state index contributed by atoms with van der Waals surface area (Å²) in [5, 5.41) is 0. The molecule has 1 aromatic heterocycles. The fourth-order valence-electron chi connectivity index (χ4n) is 3.60. The highest BCUT2D eigenvalue weighted by Crippen LogP contribution is 2.31. The highest BCUT2D eigenvalue weighted by Gasteiger charge is 2.25. The van der Waals surface area contributed by atoms with Crippen molar-refractivity contribution in [3.8, 4) is 11.5 Å². The summed E-state index contributed by atoms with van der Waals surface area (Å²) in [5.74, 6) is 0.741. The van der Waals surface area contributed by atoms with Crippen LogP contribution in [0.25, 0.3) is 0 Å². The molecule has 1 aromatic carbocycles. The van der Waals surface area contributed by atoms with E-state index in [0.29, 0.717) is 17.5 Å². The standard InChI is InChI=1S/C21H22FN3O/c1-24-9-4-7-21(24)16-5-3-10-25(15-16)18-11-17(22)12-20(13-18)26-19-6-2-8-23-14-19/h2-3,5-6,8,11-15,21H,4,7,9-10H2,1H3. The first kappa shape index (κ1) is 16.8. The van der Waals surface area contributed by atoms with E-state index in [1.807, 2.05) is 6.07 Å². The number of nitrogens with zero attached hydrogens (tertiary/aromatic N) is 3. The van der Waals surface area contributed by atoms with Gasteiger partial charge in [0.15, 0.2) is 0 Å². The number of likely N-dealkylation sites (N-methyl/N-ethyl adjacent to an activating group) is 1. The van der Waals surface area contributed by atoms with Crippen molar-refractivity contribution in [3.63, 3.8) is 0 Å². The van der Waals surface area contributed by atoms with Crippen molar-refractivity contribution in [2.24, 2.45) is 0 Å². The number of ether oxygens (including phenoxy) is 1. The van der Waals surface area contributed by atoms with Gasteiger partial charge < -0.3 is 9.64 Å². The first-order valence-corrected chi connectivity index (χ1v) is 8.93. The third-order valence-electron chi connectivity index (χ3n) is 4.88. The summed E-state index contributed by atoms with van der Waals surface area (Å²) < 4.78 is 19.9. The van der Waals surface area contributed by atoms with Crippen LogP contribution in [0.1, 0.15) is 12.8 Å². The number of halogens is 1. The predicted molar refractivity (Wildman–Crippen MR) is 101 cm³/mol. The van der Waals surface area contributed by atoms with Crippen LogP contribution in [0, 0.1) is 5.82 Å². The Labute approximate surface area is 153 Å². The van der Waals surface area contributed by atoms with Crippen molar-refractivity contribution in [1.82, 2.24) is 9.88 Å². The van der Waals surface area contributed by atoms with Crippen molar-refractivity contribution in [2.75, 3.05) is 25.0 Å². The molecule has 0 aliphatic carbocycles. The van der Waals surface area contributed by atoms with Crippen LogP contribution in [0.3, 0.4) is 0 Å². The summed E-state index contributed by atoms with van der Waals surface area (Å²) in [6.07, 6.45) is 12.1. The zero-order chi connectivity index (χ0) is 17.9. The zero-order valence-corrected chi connectivity index (χ0v) is 14.8. The second-order valence-electron chi connectivity index (χ2n) is 6.76. The van der Waals surface area contributed by atoms with Crippen molar-refractivity contribution in [2.45, 2.75) is 18.9 Å². The van der Waals surface area contributed by atoms with Crippen LogP contribution in [-0.2, 0) is 0 Å². The smallest absolute Gasteiger partial charge is 0.145 e. The molecule has 1 atom stereocenters. The monoisotopic (exact) mass is 351 g/mol. The Morgan fingerprint density at radius 1 is 1.23 bits per heavy atom. The topological polar surface area (TPSA) is 28.6 Å². The summed E-state index contributed by atoms with van der Waals surface area (Å²) in [7, 11) is 2.16. The van der Waals surface area contributed by atoms with Gasteiger partial charge in [-0.1, -0.05) is 12.2 Å². The molecule has 26 heavy (non-hydrogen) atoms. The summed E-state index contributed by atoms with van der Waals surface area (Å²) in [6, 6.07) is 8.83. The van der Waals surface area contributed by atoms with E-state index >= 15 is 0 Å². The molecule has 4 nitrogen and oxygen atoms in total. The number of rotatable bonds is 4. The summed E-state index contributed by atoms with van der Waals surface area (Å²) in [5.41, 5.74) is 2.06. The predicted octanol–water partition coefficient (Wildman–Crippen LogP) is 4.37. The molecule has 2 aliphatic heterocycles. The molecule has 2 aromatic rings. The fourth-order valence-corrected chi connectivity index (χ4v) is 3.60. The highest BCUT2D eigenvalue weighted by molar-refractivity contribution is 5.57. The van der Waals surface area contributed by atoms with E-state index in [1.165, 1.54) is 24.5 Å². The Balaban J connectivity index is 1.59. The molecule has 1 saturated heterocycles. The van der Waals surface area contributed by atoms with Crippen molar-refractivity contribution >= 4 is 5.69 Å².